The molecule has 0 saturated carbocycles. The Labute approximate surface area is 97.7 Å². The minimum Gasteiger partial charge on any atom is -0.388 e. The van der Waals surface area contributed by atoms with Crippen molar-refractivity contribution in [3.8, 4) is 0 Å². The van der Waals surface area contributed by atoms with Gasteiger partial charge in [0, 0.05) is 12.5 Å². The lowest BCUT2D eigenvalue weighted by atomic mass is 9.98. The van der Waals surface area contributed by atoms with Crippen molar-refractivity contribution in [3.63, 3.8) is 0 Å². The van der Waals surface area contributed by atoms with Crippen LogP contribution in [0.5, 0.6) is 0 Å². The molecule has 0 aromatic carbocycles. The Morgan fingerprint density at radius 3 is 2.50 bits per heavy atom. The molecule has 0 aliphatic carbocycles. The normalized spacial score (nSPS) is 13.0. The van der Waals surface area contributed by atoms with Gasteiger partial charge in [0.1, 0.15) is 12.4 Å². The maximum atomic E-state index is 9.17. The number of aliphatic hydroxyl groups is 1. The quantitative estimate of drug-likeness (QED) is 0.775. The lowest BCUT2D eigenvalue weighted by Gasteiger charge is -2.15. The van der Waals surface area contributed by atoms with Crippen LogP contribution in [0.25, 0.3) is 0 Å². The fourth-order valence-corrected chi connectivity index (χ4v) is 2.08. The van der Waals surface area contributed by atoms with Crippen molar-refractivity contribution in [2.45, 2.75) is 65.5 Å². The van der Waals surface area contributed by atoms with Crippen LogP contribution >= 0.6 is 0 Å². The molecule has 1 rings (SSSR count). The molecular weight excluding hydrogens is 202 g/mol. The maximum Gasteiger partial charge on any atom is 0.158 e. The third-order valence-corrected chi connectivity index (χ3v) is 3.08. The van der Waals surface area contributed by atoms with E-state index in [9.17, 15) is 5.11 Å². The molecule has 0 aliphatic rings. The summed E-state index contributed by atoms with van der Waals surface area (Å²) >= 11 is 0. The van der Waals surface area contributed by atoms with E-state index in [1.54, 1.807) is 0 Å². The van der Waals surface area contributed by atoms with Gasteiger partial charge in [0.05, 0.1) is 0 Å². The van der Waals surface area contributed by atoms with Crippen molar-refractivity contribution in [2.75, 3.05) is 0 Å². The molecule has 4 nitrogen and oxygen atoms in total. The summed E-state index contributed by atoms with van der Waals surface area (Å²) in [4.78, 5) is 0. The number of aliphatic hydroxyl groups excluding tert-OH is 1. The average molecular weight is 225 g/mol. The highest BCUT2D eigenvalue weighted by Gasteiger charge is 2.18. The van der Waals surface area contributed by atoms with Gasteiger partial charge < -0.3 is 9.67 Å². The van der Waals surface area contributed by atoms with Crippen LogP contribution in [0.4, 0.5) is 0 Å². The fourth-order valence-electron chi connectivity index (χ4n) is 2.08. The second kappa shape index (κ2) is 6.63. The zero-order chi connectivity index (χ0) is 12.0. The summed E-state index contributed by atoms with van der Waals surface area (Å²) in [6, 6.07) is 0. The van der Waals surface area contributed by atoms with Crippen molar-refractivity contribution in [3.05, 3.63) is 11.6 Å². The zero-order valence-corrected chi connectivity index (χ0v) is 10.6. The highest BCUT2D eigenvalue weighted by Crippen LogP contribution is 2.24. The van der Waals surface area contributed by atoms with E-state index in [4.69, 9.17) is 0 Å². The van der Waals surface area contributed by atoms with Crippen molar-refractivity contribution in [2.24, 2.45) is 0 Å². The van der Waals surface area contributed by atoms with Gasteiger partial charge in [0.15, 0.2) is 5.82 Å². The van der Waals surface area contributed by atoms with Crippen LogP contribution in [0.3, 0.4) is 0 Å². The molecule has 0 bridgehead atoms. The summed E-state index contributed by atoms with van der Waals surface area (Å²) in [5, 5.41) is 17.5. The molecule has 1 heterocycles. The van der Waals surface area contributed by atoms with E-state index in [2.05, 4.69) is 31.0 Å². The molecule has 1 aromatic rings. The predicted molar refractivity (Wildman–Crippen MR) is 64.2 cm³/mol. The van der Waals surface area contributed by atoms with Crippen LogP contribution in [0.1, 0.15) is 64.0 Å². The number of rotatable bonds is 7. The minimum absolute atomic E-state index is 0.0228. The molecule has 1 N–H and O–H groups in total. The predicted octanol–water partition coefficient (Wildman–Crippen LogP) is 2.47. The second-order valence-corrected chi connectivity index (χ2v) is 4.12. The molecule has 0 amide bonds. The van der Waals surface area contributed by atoms with Gasteiger partial charge in [-0.25, -0.2) is 0 Å². The molecule has 1 unspecified atom stereocenters. The topological polar surface area (TPSA) is 50.9 Å². The van der Waals surface area contributed by atoms with E-state index in [1.165, 1.54) is 12.8 Å². The Balaban J connectivity index is 2.86. The molecule has 1 atom stereocenters. The van der Waals surface area contributed by atoms with Crippen LogP contribution in [0.15, 0.2) is 0 Å². The fraction of sp³-hybridized carbons (Fsp3) is 0.833. The number of unbranched alkanes of at least 4 members (excludes halogenated alkanes) is 1. The third-order valence-electron chi connectivity index (χ3n) is 3.08. The van der Waals surface area contributed by atoms with Gasteiger partial charge in [-0.05, 0) is 19.8 Å². The second-order valence-electron chi connectivity index (χ2n) is 4.12. The van der Waals surface area contributed by atoms with Gasteiger partial charge in [-0.2, -0.15) is 0 Å². The summed E-state index contributed by atoms with van der Waals surface area (Å²) in [5.41, 5.74) is 0. The first-order valence-electron chi connectivity index (χ1n) is 6.31. The first-order valence-corrected chi connectivity index (χ1v) is 6.31. The Kier molecular flexibility index (Phi) is 5.46. The Hall–Kier alpha value is -0.900. The largest absolute Gasteiger partial charge is 0.388 e. The lowest BCUT2D eigenvalue weighted by molar-refractivity contribution is 0.264. The van der Waals surface area contributed by atoms with E-state index < -0.39 is 0 Å². The van der Waals surface area contributed by atoms with Crippen molar-refractivity contribution in [1.29, 1.82) is 0 Å². The Bertz CT molecular complexity index is 309. The number of hydrogen-bond acceptors (Lipinski definition) is 3. The number of hydrogen-bond donors (Lipinski definition) is 1. The molecule has 4 heteroatoms. The van der Waals surface area contributed by atoms with Crippen molar-refractivity contribution >= 4 is 0 Å². The lowest BCUT2D eigenvalue weighted by Crippen LogP contribution is -2.10. The van der Waals surface area contributed by atoms with Crippen molar-refractivity contribution in [1.82, 2.24) is 14.8 Å². The first-order chi connectivity index (χ1) is 7.78. The van der Waals surface area contributed by atoms with Gasteiger partial charge in [0.25, 0.3) is 0 Å². The van der Waals surface area contributed by atoms with Crippen LogP contribution in [-0.2, 0) is 13.2 Å². The first kappa shape index (κ1) is 13.2. The standard InChI is InChI=1S/C12H23N3O/c1-4-7-8-10(5-2)12-14-13-11(9-16)15(12)6-3/h10,16H,4-9H2,1-3H3. The van der Waals surface area contributed by atoms with Gasteiger partial charge in [0.2, 0.25) is 0 Å². The molecule has 0 saturated heterocycles. The van der Waals surface area contributed by atoms with Crippen LogP contribution < -0.4 is 0 Å². The van der Waals surface area contributed by atoms with E-state index in [0.29, 0.717) is 11.7 Å². The summed E-state index contributed by atoms with van der Waals surface area (Å²) in [6.45, 7) is 7.27. The van der Waals surface area contributed by atoms with Crippen LogP contribution in [0, 0.1) is 0 Å². The Morgan fingerprint density at radius 2 is 2.00 bits per heavy atom. The van der Waals surface area contributed by atoms with E-state index in [0.717, 1.165) is 25.2 Å². The summed E-state index contributed by atoms with van der Waals surface area (Å²) in [6.07, 6.45) is 4.69. The van der Waals surface area contributed by atoms with Crippen LogP contribution in [0.2, 0.25) is 0 Å². The molecule has 0 fully saturated rings. The highest BCUT2D eigenvalue weighted by molar-refractivity contribution is 5.01. The summed E-state index contributed by atoms with van der Waals surface area (Å²) in [5.74, 6) is 2.21. The summed E-state index contributed by atoms with van der Waals surface area (Å²) < 4.78 is 2.05. The van der Waals surface area contributed by atoms with Gasteiger partial charge >= 0.3 is 0 Å². The minimum atomic E-state index is -0.0228. The van der Waals surface area contributed by atoms with Gasteiger partial charge in [-0.15, -0.1) is 10.2 Å². The summed E-state index contributed by atoms with van der Waals surface area (Å²) in [7, 11) is 0. The molecule has 0 radical (unpaired) electrons. The zero-order valence-electron chi connectivity index (χ0n) is 10.6. The van der Waals surface area contributed by atoms with Crippen LogP contribution in [-0.4, -0.2) is 19.9 Å². The number of nitrogens with zero attached hydrogens (tertiary/aromatic N) is 3. The average Bonchev–Trinajstić information content (AvgIpc) is 2.73. The SMILES string of the molecule is CCCCC(CC)c1nnc(CO)n1CC. The molecule has 16 heavy (non-hydrogen) atoms. The molecule has 0 spiro atoms. The molecule has 92 valence electrons. The molecular formula is C12H23N3O. The smallest absolute Gasteiger partial charge is 0.158 e. The van der Waals surface area contributed by atoms with Gasteiger partial charge in [-0.3, -0.25) is 0 Å². The molecule has 1 aromatic heterocycles. The Morgan fingerprint density at radius 1 is 1.25 bits per heavy atom. The van der Waals surface area contributed by atoms with Crippen molar-refractivity contribution < 1.29 is 5.11 Å². The van der Waals surface area contributed by atoms with E-state index >= 15 is 0 Å². The highest BCUT2D eigenvalue weighted by atomic mass is 16.3. The molecule has 0 aliphatic heterocycles. The maximum absolute atomic E-state index is 9.17. The monoisotopic (exact) mass is 225 g/mol. The van der Waals surface area contributed by atoms with Gasteiger partial charge in [-0.1, -0.05) is 26.7 Å². The number of aromatic nitrogens is 3. The third kappa shape index (κ3) is 2.82. The van der Waals surface area contributed by atoms with E-state index in [1.807, 2.05) is 4.57 Å². The van der Waals surface area contributed by atoms with E-state index in [-0.39, 0.29) is 6.61 Å².